The SMILES string of the molecule is N#CCc1cn([C@H]2CC(O)[C@@H](CO)O2)c(=O)nc1N. The molecule has 1 aliphatic heterocycles. The summed E-state index contributed by atoms with van der Waals surface area (Å²) in [5.74, 6) is 0.0139. The van der Waals surface area contributed by atoms with E-state index in [4.69, 9.17) is 20.8 Å². The molecule has 19 heavy (non-hydrogen) atoms. The van der Waals surface area contributed by atoms with Crippen LogP contribution in [0.1, 0.15) is 18.2 Å². The van der Waals surface area contributed by atoms with Gasteiger partial charge in [-0.2, -0.15) is 10.2 Å². The van der Waals surface area contributed by atoms with Gasteiger partial charge >= 0.3 is 5.69 Å². The Morgan fingerprint density at radius 3 is 3.00 bits per heavy atom. The Hall–Kier alpha value is -1.95. The fourth-order valence-electron chi connectivity index (χ4n) is 2.00. The van der Waals surface area contributed by atoms with Crippen molar-refractivity contribution in [1.29, 1.82) is 5.26 Å². The third kappa shape index (κ3) is 2.58. The normalized spacial score (nSPS) is 26.3. The van der Waals surface area contributed by atoms with Gasteiger partial charge in [0, 0.05) is 18.2 Å². The van der Waals surface area contributed by atoms with Crippen LogP contribution in [0.15, 0.2) is 11.0 Å². The van der Waals surface area contributed by atoms with E-state index in [1.807, 2.05) is 6.07 Å². The Bertz CT molecular complexity index is 565. The highest BCUT2D eigenvalue weighted by Gasteiger charge is 2.35. The average molecular weight is 266 g/mol. The van der Waals surface area contributed by atoms with Crippen molar-refractivity contribution in [2.45, 2.75) is 31.3 Å². The summed E-state index contributed by atoms with van der Waals surface area (Å²) < 4.78 is 6.54. The van der Waals surface area contributed by atoms with E-state index in [1.165, 1.54) is 10.8 Å². The second-order valence-electron chi connectivity index (χ2n) is 4.29. The summed E-state index contributed by atoms with van der Waals surface area (Å²) in [6.45, 7) is -0.333. The molecule has 1 saturated heterocycles. The highest BCUT2D eigenvalue weighted by Crippen LogP contribution is 2.27. The van der Waals surface area contributed by atoms with Crippen LogP contribution in [0, 0.1) is 11.3 Å². The molecule has 0 radical (unpaired) electrons. The van der Waals surface area contributed by atoms with E-state index in [2.05, 4.69) is 4.98 Å². The minimum absolute atomic E-state index is 0.0139. The van der Waals surface area contributed by atoms with Gasteiger partial charge in [0.25, 0.3) is 0 Å². The molecule has 8 heteroatoms. The molecule has 1 aliphatic rings. The van der Waals surface area contributed by atoms with Crippen molar-refractivity contribution >= 4 is 5.82 Å². The lowest BCUT2D eigenvalue weighted by Crippen LogP contribution is -2.29. The third-order valence-electron chi connectivity index (χ3n) is 3.02. The third-order valence-corrected chi connectivity index (χ3v) is 3.02. The maximum Gasteiger partial charge on any atom is 0.351 e. The smallest absolute Gasteiger partial charge is 0.351 e. The first kappa shape index (κ1) is 13.5. The number of ether oxygens (including phenoxy) is 1. The molecule has 0 aliphatic carbocycles. The molecule has 0 amide bonds. The number of hydrogen-bond acceptors (Lipinski definition) is 7. The van der Waals surface area contributed by atoms with Crippen LogP contribution >= 0.6 is 0 Å². The summed E-state index contributed by atoms with van der Waals surface area (Å²) in [5, 5.41) is 27.3. The fourth-order valence-corrected chi connectivity index (χ4v) is 2.00. The van der Waals surface area contributed by atoms with Crippen molar-refractivity contribution in [2.24, 2.45) is 0 Å². The largest absolute Gasteiger partial charge is 0.394 e. The molecule has 0 bridgehead atoms. The number of nitrogens with zero attached hydrogens (tertiary/aromatic N) is 3. The van der Waals surface area contributed by atoms with Crippen molar-refractivity contribution in [3.05, 3.63) is 22.2 Å². The van der Waals surface area contributed by atoms with Crippen LogP contribution in [0.4, 0.5) is 5.82 Å². The first-order valence-corrected chi connectivity index (χ1v) is 5.75. The number of nitrogens with two attached hydrogens (primary N) is 1. The zero-order chi connectivity index (χ0) is 14.0. The summed E-state index contributed by atoms with van der Waals surface area (Å²) in [7, 11) is 0. The van der Waals surface area contributed by atoms with Crippen molar-refractivity contribution in [1.82, 2.24) is 9.55 Å². The van der Waals surface area contributed by atoms with Crippen molar-refractivity contribution < 1.29 is 14.9 Å². The monoisotopic (exact) mass is 266 g/mol. The lowest BCUT2D eigenvalue weighted by atomic mass is 10.2. The number of hydrogen-bond donors (Lipinski definition) is 3. The van der Waals surface area contributed by atoms with Gasteiger partial charge in [-0.3, -0.25) is 4.57 Å². The van der Waals surface area contributed by atoms with Gasteiger partial charge in [-0.15, -0.1) is 0 Å². The Balaban J connectivity index is 2.33. The van der Waals surface area contributed by atoms with Crippen molar-refractivity contribution in [3.63, 3.8) is 0 Å². The summed E-state index contributed by atoms with van der Waals surface area (Å²) in [4.78, 5) is 15.4. The van der Waals surface area contributed by atoms with Crippen LogP contribution in [0.2, 0.25) is 0 Å². The van der Waals surface area contributed by atoms with Gasteiger partial charge in [0.15, 0.2) is 0 Å². The molecule has 0 spiro atoms. The first-order valence-electron chi connectivity index (χ1n) is 5.75. The fraction of sp³-hybridized carbons (Fsp3) is 0.545. The van der Waals surface area contributed by atoms with Crippen molar-refractivity contribution in [3.8, 4) is 6.07 Å². The van der Waals surface area contributed by atoms with Gasteiger partial charge < -0.3 is 20.7 Å². The second kappa shape index (κ2) is 5.36. The van der Waals surface area contributed by atoms with E-state index >= 15 is 0 Å². The van der Waals surface area contributed by atoms with Crippen LogP contribution in [-0.4, -0.2) is 38.6 Å². The van der Waals surface area contributed by atoms with Crippen LogP contribution in [0.25, 0.3) is 0 Å². The zero-order valence-corrected chi connectivity index (χ0v) is 10.1. The van der Waals surface area contributed by atoms with Gasteiger partial charge in [-0.1, -0.05) is 0 Å². The number of aliphatic hydroxyl groups excluding tert-OH is 2. The summed E-state index contributed by atoms with van der Waals surface area (Å²) in [5.41, 5.74) is 5.36. The predicted molar refractivity (Wildman–Crippen MR) is 63.8 cm³/mol. The van der Waals surface area contributed by atoms with E-state index < -0.39 is 24.1 Å². The molecule has 0 saturated carbocycles. The van der Waals surface area contributed by atoms with E-state index in [-0.39, 0.29) is 25.3 Å². The van der Waals surface area contributed by atoms with Gasteiger partial charge in [-0.25, -0.2) is 4.79 Å². The number of nitrogen functional groups attached to an aromatic ring is 1. The predicted octanol–water partition coefficient (Wildman–Crippen LogP) is -1.47. The van der Waals surface area contributed by atoms with Crippen LogP contribution in [-0.2, 0) is 11.2 Å². The molecule has 4 N–H and O–H groups in total. The molecule has 2 rings (SSSR count). The molecular weight excluding hydrogens is 252 g/mol. The Morgan fingerprint density at radius 1 is 1.68 bits per heavy atom. The average Bonchev–Trinajstić information content (AvgIpc) is 2.74. The van der Waals surface area contributed by atoms with Crippen LogP contribution in [0.3, 0.4) is 0 Å². The molecule has 1 aromatic rings. The highest BCUT2D eigenvalue weighted by atomic mass is 16.5. The van der Waals surface area contributed by atoms with Gasteiger partial charge in [0.1, 0.15) is 18.1 Å². The standard InChI is InChI=1S/C11H14N4O4/c12-2-1-6-4-15(11(18)14-10(6)13)9-3-7(17)8(5-16)19-9/h4,7-9,16-17H,1,3,5H2,(H2,13,14,18)/t7?,8-,9-/m1/s1. The Labute approximate surface area is 108 Å². The topological polar surface area (TPSA) is 134 Å². The van der Waals surface area contributed by atoms with E-state index in [9.17, 15) is 9.90 Å². The summed E-state index contributed by atoms with van der Waals surface area (Å²) >= 11 is 0. The minimum atomic E-state index is -0.848. The van der Waals surface area contributed by atoms with Gasteiger partial charge in [-0.05, 0) is 0 Å². The molecule has 0 aromatic carbocycles. The lowest BCUT2D eigenvalue weighted by molar-refractivity contribution is -0.0459. The number of aromatic nitrogens is 2. The number of aliphatic hydroxyl groups is 2. The maximum absolute atomic E-state index is 11.7. The van der Waals surface area contributed by atoms with Gasteiger partial charge in [0.05, 0.1) is 25.2 Å². The van der Waals surface area contributed by atoms with E-state index in [1.54, 1.807) is 0 Å². The van der Waals surface area contributed by atoms with Crippen molar-refractivity contribution in [2.75, 3.05) is 12.3 Å². The molecule has 2 heterocycles. The van der Waals surface area contributed by atoms with E-state index in [0.717, 1.165) is 0 Å². The molecule has 8 nitrogen and oxygen atoms in total. The molecule has 102 valence electrons. The molecule has 1 aromatic heterocycles. The summed E-state index contributed by atoms with van der Waals surface area (Å²) in [6, 6.07) is 1.93. The summed E-state index contributed by atoms with van der Waals surface area (Å²) in [6.07, 6.45) is -0.691. The highest BCUT2D eigenvalue weighted by molar-refractivity contribution is 5.38. The zero-order valence-electron chi connectivity index (χ0n) is 10.1. The Kier molecular flexibility index (Phi) is 3.80. The molecule has 1 fully saturated rings. The van der Waals surface area contributed by atoms with Gasteiger partial charge in [0.2, 0.25) is 0 Å². The number of anilines is 1. The number of nitriles is 1. The van der Waals surface area contributed by atoms with Crippen LogP contribution < -0.4 is 11.4 Å². The minimum Gasteiger partial charge on any atom is -0.394 e. The molecule has 3 atom stereocenters. The Morgan fingerprint density at radius 2 is 2.42 bits per heavy atom. The van der Waals surface area contributed by atoms with E-state index in [0.29, 0.717) is 5.56 Å². The second-order valence-corrected chi connectivity index (χ2v) is 4.29. The lowest BCUT2D eigenvalue weighted by Gasteiger charge is -2.15. The molecule has 1 unspecified atom stereocenters. The van der Waals surface area contributed by atoms with Crippen LogP contribution in [0.5, 0.6) is 0 Å². The first-order chi connectivity index (χ1) is 9.06. The molecular formula is C11H14N4O4. The maximum atomic E-state index is 11.7. The number of rotatable bonds is 3. The quantitative estimate of drug-likeness (QED) is 0.608.